The minimum atomic E-state index is -2.46. The van der Waals surface area contributed by atoms with Gasteiger partial charge in [-0.3, -0.25) is 10.4 Å². The number of nitrogens with zero attached hydrogens (tertiary/aromatic N) is 1. The SMILES string of the molecule is CCNC(=NCC1CC(F)(F)C1)NN. The molecule has 0 atom stereocenters. The number of hydrogen-bond acceptors (Lipinski definition) is 2. The summed E-state index contributed by atoms with van der Waals surface area (Å²) in [6, 6.07) is 0. The molecule has 0 heterocycles. The molecule has 0 aromatic heterocycles. The van der Waals surface area contributed by atoms with Gasteiger partial charge in [0.1, 0.15) is 0 Å². The molecule has 0 unspecified atom stereocenters. The summed E-state index contributed by atoms with van der Waals surface area (Å²) in [7, 11) is 0. The molecule has 1 aliphatic rings. The second-order valence-electron chi connectivity index (χ2n) is 3.49. The summed E-state index contributed by atoms with van der Waals surface area (Å²) in [5.41, 5.74) is 2.38. The van der Waals surface area contributed by atoms with Crippen molar-refractivity contribution in [2.75, 3.05) is 13.1 Å². The molecule has 82 valence electrons. The lowest BCUT2D eigenvalue weighted by Crippen LogP contribution is -2.43. The number of alkyl halides is 2. The molecule has 0 saturated heterocycles. The molecule has 6 heteroatoms. The molecule has 0 bridgehead atoms. The predicted octanol–water partition coefficient (Wildman–Crippen LogP) is 0.461. The van der Waals surface area contributed by atoms with Crippen LogP contribution in [0.1, 0.15) is 19.8 Å². The summed E-state index contributed by atoms with van der Waals surface area (Å²) in [4.78, 5) is 4.06. The molecule has 1 saturated carbocycles. The number of rotatable bonds is 3. The van der Waals surface area contributed by atoms with E-state index < -0.39 is 5.92 Å². The van der Waals surface area contributed by atoms with E-state index in [-0.39, 0.29) is 18.8 Å². The molecule has 4 N–H and O–H groups in total. The molecule has 1 aliphatic carbocycles. The normalized spacial score (nSPS) is 21.6. The van der Waals surface area contributed by atoms with E-state index in [0.29, 0.717) is 19.0 Å². The average molecular weight is 206 g/mol. The maximum atomic E-state index is 12.4. The van der Waals surface area contributed by atoms with Crippen molar-refractivity contribution in [1.29, 1.82) is 0 Å². The highest BCUT2D eigenvalue weighted by Crippen LogP contribution is 2.42. The molecule has 0 aromatic carbocycles. The summed E-state index contributed by atoms with van der Waals surface area (Å²) >= 11 is 0. The summed E-state index contributed by atoms with van der Waals surface area (Å²) in [6.45, 7) is 3.01. The molecular weight excluding hydrogens is 190 g/mol. The molecule has 0 aromatic rings. The minimum Gasteiger partial charge on any atom is -0.356 e. The van der Waals surface area contributed by atoms with Crippen LogP contribution in [0.15, 0.2) is 4.99 Å². The summed E-state index contributed by atoms with van der Waals surface area (Å²) < 4.78 is 24.9. The van der Waals surface area contributed by atoms with Crippen LogP contribution in [0.2, 0.25) is 0 Å². The molecule has 0 aliphatic heterocycles. The number of hydrazine groups is 1. The Morgan fingerprint density at radius 1 is 1.57 bits per heavy atom. The Hall–Kier alpha value is -0.910. The zero-order chi connectivity index (χ0) is 10.6. The van der Waals surface area contributed by atoms with Crippen LogP contribution in [0.25, 0.3) is 0 Å². The van der Waals surface area contributed by atoms with Crippen molar-refractivity contribution in [3.05, 3.63) is 0 Å². The van der Waals surface area contributed by atoms with Crippen molar-refractivity contribution in [2.24, 2.45) is 16.8 Å². The van der Waals surface area contributed by atoms with Gasteiger partial charge in [0.2, 0.25) is 11.9 Å². The molecule has 1 fully saturated rings. The first-order valence-electron chi connectivity index (χ1n) is 4.70. The lowest BCUT2D eigenvalue weighted by molar-refractivity contribution is -0.107. The van der Waals surface area contributed by atoms with Crippen molar-refractivity contribution < 1.29 is 8.78 Å². The van der Waals surface area contributed by atoms with Crippen molar-refractivity contribution >= 4 is 5.96 Å². The fourth-order valence-corrected chi connectivity index (χ4v) is 1.45. The predicted molar refractivity (Wildman–Crippen MR) is 51.0 cm³/mol. The average Bonchev–Trinajstić information content (AvgIpc) is 2.08. The summed E-state index contributed by atoms with van der Waals surface area (Å²) in [6.07, 6.45) is -0.110. The van der Waals surface area contributed by atoms with Crippen molar-refractivity contribution in [3.8, 4) is 0 Å². The van der Waals surface area contributed by atoms with Gasteiger partial charge in [0.05, 0.1) is 0 Å². The third-order valence-corrected chi connectivity index (χ3v) is 2.16. The third-order valence-electron chi connectivity index (χ3n) is 2.16. The van der Waals surface area contributed by atoms with Crippen LogP contribution in [0, 0.1) is 5.92 Å². The Kier molecular flexibility index (Phi) is 3.62. The summed E-state index contributed by atoms with van der Waals surface area (Å²) in [5.74, 6) is 3.16. The Bertz CT molecular complexity index is 209. The van der Waals surface area contributed by atoms with E-state index in [1.807, 2.05) is 6.92 Å². The molecule has 14 heavy (non-hydrogen) atoms. The molecule has 1 rings (SSSR count). The lowest BCUT2D eigenvalue weighted by atomic mass is 9.81. The fourth-order valence-electron chi connectivity index (χ4n) is 1.45. The first-order valence-corrected chi connectivity index (χ1v) is 4.70. The van der Waals surface area contributed by atoms with Gasteiger partial charge in [-0.1, -0.05) is 0 Å². The van der Waals surface area contributed by atoms with Gasteiger partial charge in [0, 0.05) is 25.9 Å². The first-order chi connectivity index (χ1) is 6.57. The highest BCUT2D eigenvalue weighted by Gasteiger charge is 2.44. The zero-order valence-corrected chi connectivity index (χ0v) is 8.19. The Morgan fingerprint density at radius 3 is 2.64 bits per heavy atom. The zero-order valence-electron chi connectivity index (χ0n) is 8.19. The van der Waals surface area contributed by atoms with E-state index in [9.17, 15) is 8.78 Å². The van der Waals surface area contributed by atoms with Gasteiger partial charge in [-0.05, 0) is 12.8 Å². The largest absolute Gasteiger partial charge is 0.356 e. The molecule has 0 spiro atoms. The molecular formula is C8H16F2N4. The van der Waals surface area contributed by atoms with Crippen LogP contribution in [-0.4, -0.2) is 25.0 Å². The van der Waals surface area contributed by atoms with E-state index in [2.05, 4.69) is 15.7 Å². The Morgan fingerprint density at radius 2 is 2.21 bits per heavy atom. The van der Waals surface area contributed by atoms with Crippen molar-refractivity contribution in [1.82, 2.24) is 10.7 Å². The van der Waals surface area contributed by atoms with Crippen molar-refractivity contribution in [2.45, 2.75) is 25.7 Å². The smallest absolute Gasteiger partial charge is 0.248 e. The second-order valence-corrected chi connectivity index (χ2v) is 3.49. The Labute approximate surface area is 81.9 Å². The monoisotopic (exact) mass is 206 g/mol. The standard InChI is InChI=1S/C8H16F2N4/c1-2-12-7(14-11)13-5-6-3-8(9,10)4-6/h6H,2-5,11H2,1H3,(H2,12,13,14). The van der Waals surface area contributed by atoms with E-state index in [1.165, 1.54) is 0 Å². The lowest BCUT2D eigenvalue weighted by Gasteiger charge is -2.33. The highest BCUT2D eigenvalue weighted by molar-refractivity contribution is 5.79. The third kappa shape index (κ3) is 3.10. The second kappa shape index (κ2) is 4.54. The maximum Gasteiger partial charge on any atom is 0.248 e. The van der Waals surface area contributed by atoms with E-state index in [1.54, 1.807) is 0 Å². The Balaban J connectivity index is 2.25. The van der Waals surface area contributed by atoms with Crippen LogP contribution in [0.5, 0.6) is 0 Å². The molecule has 0 radical (unpaired) electrons. The number of aliphatic imine (C=N–C) groups is 1. The van der Waals surface area contributed by atoms with Crippen LogP contribution < -0.4 is 16.6 Å². The number of hydrogen-bond donors (Lipinski definition) is 3. The number of halogens is 2. The molecule has 4 nitrogen and oxygen atoms in total. The van der Waals surface area contributed by atoms with E-state index >= 15 is 0 Å². The quantitative estimate of drug-likeness (QED) is 0.272. The van der Waals surface area contributed by atoms with Crippen LogP contribution in [0.4, 0.5) is 8.78 Å². The van der Waals surface area contributed by atoms with E-state index in [4.69, 9.17) is 5.84 Å². The van der Waals surface area contributed by atoms with Gasteiger partial charge < -0.3 is 5.32 Å². The van der Waals surface area contributed by atoms with Crippen molar-refractivity contribution in [3.63, 3.8) is 0 Å². The van der Waals surface area contributed by atoms with Crippen LogP contribution >= 0.6 is 0 Å². The van der Waals surface area contributed by atoms with E-state index in [0.717, 1.165) is 0 Å². The van der Waals surface area contributed by atoms with Gasteiger partial charge in [-0.2, -0.15) is 0 Å². The topological polar surface area (TPSA) is 62.4 Å². The molecule has 0 amide bonds. The maximum absolute atomic E-state index is 12.4. The van der Waals surface area contributed by atoms with Crippen LogP contribution in [-0.2, 0) is 0 Å². The van der Waals surface area contributed by atoms with Crippen LogP contribution in [0.3, 0.4) is 0 Å². The van der Waals surface area contributed by atoms with Gasteiger partial charge in [0.25, 0.3) is 0 Å². The van der Waals surface area contributed by atoms with Gasteiger partial charge in [-0.15, -0.1) is 0 Å². The highest BCUT2D eigenvalue weighted by atomic mass is 19.3. The van der Waals surface area contributed by atoms with Gasteiger partial charge in [-0.25, -0.2) is 14.6 Å². The minimum absolute atomic E-state index is 0.00740. The number of nitrogens with one attached hydrogen (secondary N) is 2. The number of guanidine groups is 1. The first kappa shape index (κ1) is 11.2. The summed E-state index contributed by atoms with van der Waals surface area (Å²) in [5, 5.41) is 2.88. The fraction of sp³-hybridized carbons (Fsp3) is 0.875. The van der Waals surface area contributed by atoms with Gasteiger partial charge in [0.15, 0.2) is 0 Å². The van der Waals surface area contributed by atoms with Gasteiger partial charge >= 0.3 is 0 Å². The number of nitrogens with two attached hydrogens (primary N) is 1.